The van der Waals surface area contributed by atoms with E-state index >= 15 is 0 Å². The molecule has 0 aromatic carbocycles. The number of hydrogen-bond acceptors (Lipinski definition) is 4. The van der Waals surface area contributed by atoms with Gasteiger partial charge in [0.25, 0.3) is 0 Å². The minimum absolute atomic E-state index is 0.0302. The van der Waals surface area contributed by atoms with Crippen LogP contribution in [-0.4, -0.2) is 49.3 Å². The highest BCUT2D eigenvalue weighted by Gasteiger charge is 2.55. The topological polar surface area (TPSA) is 38.8 Å². The van der Waals surface area contributed by atoms with E-state index in [1.807, 2.05) is 0 Å². The molecule has 1 spiro atoms. The van der Waals surface area contributed by atoms with E-state index in [-0.39, 0.29) is 17.6 Å². The fourth-order valence-corrected chi connectivity index (χ4v) is 4.67. The maximum absolute atomic E-state index is 11.8. The predicted molar refractivity (Wildman–Crippen MR) is 74.2 cm³/mol. The summed E-state index contributed by atoms with van der Waals surface area (Å²) in [5.74, 6) is 0.472. The van der Waals surface area contributed by atoms with Gasteiger partial charge in [0.2, 0.25) is 0 Å². The van der Waals surface area contributed by atoms with Crippen molar-refractivity contribution in [1.82, 2.24) is 4.90 Å². The molecule has 4 heteroatoms. The second kappa shape index (κ2) is 4.43. The zero-order valence-corrected chi connectivity index (χ0v) is 11.9. The molecule has 0 radical (unpaired) electrons. The Hall–Kier alpha value is -1.13. The lowest BCUT2D eigenvalue weighted by Crippen LogP contribution is -2.56. The van der Waals surface area contributed by atoms with Gasteiger partial charge in [-0.05, 0) is 37.0 Å². The average Bonchev–Trinajstić information content (AvgIpc) is 2.86. The van der Waals surface area contributed by atoms with Crippen LogP contribution >= 0.6 is 0 Å². The zero-order valence-electron chi connectivity index (χ0n) is 11.9. The summed E-state index contributed by atoms with van der Waals surface area (Å²) in [7, 11) is 1.78. The number of esters is 1. The molecule has 3 heterocycles. The lowest BCUT2D eigenvalue weighted by molar-refractivity contribution is -0.144. The van der Waals surface area contributed by atoms with Crippen molar-refractivity contribution in [2.75, 3.05) is 26.8 Å². The van der Waals surface area contributed by atoms with E-state index in [1.165, 1.54) is 17.6 Å². The van der Waals surface area contributed by atoms with Gasteiger partial charge in [0.05, 0.1) is 18.1 Å². The van der Waals surface area contributed by atoms with Crippen LogP contribution in [0.1, 0.15) is 25.7 Å². The molecule has 0 saturated carbocycles. The van der Waals surface area contributed by atoms with Crippen LogP contribution < -0.4 is 0 Å². The molecule has 0 N–H and O–H groups in total. The number of methoxy groups -OCH3 is 1. The summed E-state index contributed by atoms with van der Waals surface area (Å²) in [6, 6.07) is 0. The first-order chi connectivity index (χ1) is 9.74. The second-order valence-electron chi connectivity index (χ2n) is 6.34. The summed E-state index contributed by atoms with van der Waals surface area (Å²) in [5, 5.41) is 0. The van der Waals surface area contributed by atoms with Crippen LogP contribution in [0.15, 0.2) is 23.3 Å². The van der Waals surface area contributed by atoms with Gasteiger partial charge in [0.15, 0.2) is 0 Å². The average molecular weight is 275 g/mol. The number of rotatable bonds is 1. The first-order valence-electron chi connectivity index (χ1n) is 7.57. The third kappa shape index (κ3) is 1.58. The molecule has 0 unspecified atom stereocenters. The molecule has 4 rings (SSSR count). The Labute approximate surface area is 119 Å². The van der Waals surface area contributed by atoms with E-state index in [0.717, 1.165) is 25.9 Å². The van der Waals surface area contributed by atoms with Gasteiger partial charge in [-0.15, -0.1) is 0 Å². The molecule has 3 aliphatic heterocycles. The molecule has 0 aromatic heterocycles. The first kappa shape index (κ1) is 12.6. The standard InChI is InChI=1S/C16H21NO3/c1-19-13-3-2-12-5-7-17-6-4-11-10-20-15(18)8-14(11)16(12,17)9-13/h2-3,12-13H,4-10H2,1H3/t12-,13+,16+/m1/s1. The molecule has 4 nitrogen and oxygen atoms in total. The van der Waals surface area contributed by atoms with E-state index in [0.29, 0.717) is 18.9 Å². The minimum atomic E-state index is -0.0610. The lowest BCUT2D eigenvalue weighted by Gasteiger charge is -2.51. The summed E-state index contributed by atoms with van der Waals surface area (Å²) in [4.78, 5) is 14.4. The van der Waals surface area contributed by atoms with Crippen LogP contribution in [0.3, 0.4) is 0 Å². The molecule has 0 aromatic rings. The Balaban J connectivity index is 1.82. The Bertz CT molecular complexity index is 510. The largest absolute Gasteiger partial charge is 0.461 e. The lowest BCUT2D eigenvalue weighted by atomic mass is 9.67. The zero-order chi connectivity index (χ0) is 13.7. The molecule has 1 saturated heterocycles. The van der Waals surface area contributed by atoms with Gasteiger partial charge in [-0.2, -0.15) is 0 Å². The number of carbonyl (C=O) groups excluding carboxylic acids is 1. The van der Waals surface area contributed by atoms with Crippen molar-refractivity contribution in [3.8, 4) is 0 Å². The SMILES string of the molecule is CO[C@H]1C=C[C@@H]2CCN3CCC4=C(CC(=O)OC4)[C@]23C1. The maximum Gasteiger partial charge on any atom is 0.310 e. The summed E-state index contributed by atoms with van der Waals surface area (Å²) in [6.07, 6.45) is 8.40. The van der Waals surface area contributed by atoms with E-state index < -0.39 is 0 Å². The molecule has 3 atom stereocenters. The Morgan fingerprint density at radius 3 is 3.15 bits per heavy atom. The summed E-state index contributed by atoms with van der Waals surface area (Å²) in [5.41, 5.74) is 2.76. The highest BCUT2D eigenvalue weighted by Crippen LogP contribution is 2.52. The molecular formula is C16H21NO3. The van der Waals surface area contributed by atoms with Crippen molar-refractivity contribution in [3.05, 3.63) is 23.3 Å². The minimum Gasteiger partial charge on any atom is -0.461 e. The highest BCUT2D eigenvalue weighted by molar-refractivity contribution is 5.75. The van der Waals surface area contributed by atoms with Crippen molar-refractivity contribution in [1.29, 1.82) is 0 Å². The van der Waals surface area contributed by atoms with Gasteiger partial charge < -0.3 is 9.47 Å². The Morgan fingerprint density at radius 1 is 1.40 bits per heavy atom. The number of nitrogens with zero attached hydrogens (tertiary/aromatic N) is 1. The van der Waals surface area contributed by atoms with Gasteiger partial charge in [-0.25, -0.2) is 0 Å². The monoisotopic (exact) mass is 275 g/mol. The molecule has 1 aliphatic carbocycles. The number of carbonyl (C=O) groups is 1. The van der Waals surface area contributed by atoms with Crippen molar-refractivity contribution in [2.24, 2.45) is 5.92 Å². The van der Waals surface area contributed by atoms with Crippen molar-refractivity contribution >= 4 is 5.97 Å². The molecule has 0 amide bonds. The van der Waals surface area contributed by atoms with Crippen LogP contribution in [-0.2, 0) is 14.3 Å². The van der Waals surface area contributed by atoms with Gasteiger partial charge in [-0.3, -0.25) is 9.69 Å². The number of ether oxygens (including phenoxy) is 2. The quantitative estimate of drug-likeness (QED) is 0.539. The smallest absolute Gasteiger partial charge is 0.310 e. The highest BCUT2D eigenvalue weighted by atomic mass is 16.5. The fourth-order valence-electron chi connectivity index (χ4n) is 4.67. The van der Waals surface area contributed by atoms with E-state index in [4.69, 9.17) is 9.47 Å². The van der Waals surface area contributed by atoms with Crippen LogP contribution in [0, 0.1) is 5.92 Å². The third-order valence-corrected chi connectivity index (χ3v) is 5.62. The summed E-state index contributed by atoms with van der Waals surface area (Å²) in [6.45, 7) is 2.74. The van der Waals surface area contributed by atoms with Crippen molar-refractivity contribution < 1.29 is 14.3 Å². The van der Waals surface area contributed by atoms with Gasteiger partial charge >= 0.3 is 5.97 Å². The summed E-state index contributed by atoms with van der Waals surface area (Å²) < 4.78 is 10.9. The van der Waals surface area contributed by atoms with E-state index in [9.17, 15) is 4.79 Å². The van der Waals surface area contributed by atoms with Crippen molar-refractivity contribution in [2.45, 2.75) is 37.3 Å². The van der Waals surface area contributed by atoms with Crippen molar-refractivity contribution in [3.63, 3.8) is 0 Å². The second-order valence-corrected chi connectivity index (χ2v) is 6.34. The maximum atomic E-state index is 11.8. The Kier molecular flexibility index (Phi) is 2.79. The van der Waals surface area contributed by atoms with E-state index in [1.54, 1.807) is 7.11 Å². The molecule has 0 bridgehead atoms. The first-order valence-corrected chi connectivity index (χ1v) is 7.57. The van der Waals surface area contributed by atoms with Gasteiger partial charge in [0, 0.05) is 19.6 Å². The molecular weight excluding hydrogens is 254 g/mol. The number of hydrogen-bond donors (Lipinski definition) is 0. The van der Waals surface area contributed by atoms with Crippen LogP contribution in [0.5, 0.6) is 0 Å². The molecule has 1 fully saturated rings. The van der Waals surface area contributed by atoms with Gasteiger partial charge in [0.1, 0.15) is 6.61 Å². The number of cyclic esters (lactones) is 1. The molecule has 108 valence electrons. The van der Waals surface area contributed by atoms with Crippen LogP contribution in [0.25, 0.3) is 0 Å². The fraction of sp³-hybridized carbons (Fsp3) is 0.688. The third-order valence-electron chi connectivity index (χ3n) is 5.62. The summed E-state index contributed by atoms with van der Waals surface area (Å²) >= 11 is 0. The van der Waals surface area contributed by atoms with Crippen LogP contribution in [0.4, 0.5) is 0 Å². The van der Waals surface area contributed by atoms with Gasteiger partial charge in [-0.1, -0.05) is 12.2 Å². The van der Waals surface area contributed by atoms with Crippen LogP contribution in [0.2, 0.25) is 0 Å². The molecule has 4 aliphatic rings. The normalized spacial score (nSPS) is 40.1. The molecule has 20 heavy (non-hydrogen) atoms. The van der Waals surface area contributed by atoms with E-state index in [2.05, 4.69) is 17.1 Å². The predicted octanol–water partition coefficient (Wildman–Crippen LogP) is 1.67. The Morgan fingerprint density at radius 2 is 2.30 bits per heavy atom.